The van der Waals surface area contributed by atoms with Gasteiger partial charge in [-0.2, -0.15) is 5.26 Å². The fourth-order valence-corrected chi connectivity index (χ4v) is 2.92. The quantitative estimate of drug-likeness (QED) is 0.668. The highest BCUT2D eigenvalue weighted by Crippen LogP contribution is 2.30. The number of halogens is 1. The standard InChI is InChI=1S/C15H18IN/c1-3-5-14(15(16)6-4-2)13-9-7-12(11-17)8-10-13/h7-10H,3-6H2,1-2H3/b15-14-. The molecule has 1 aromatic rings. The lowest BCUT2D eigenvalue weighted by Gasteiger charge is -2.10. The summed E-state index contributed by atoms with van der Waals surface area (Å²) in [5.74, 6) is 0. The van der Waals surface area contributed by atoms with Crippen molar-refractivity contribution in [3.63, 3.8) is 0 Å². The Hall–Kier alpha value is -0.820. The van der Waals surface area contributed by atoms with Gasteiger partial charge in [-0.25, -0.2) is 0 Å². The Bertz CT molecular complexity index is 423. The first-order valence-electron chi connectivity index (χ1n) is 6.11. The van der Waals surface area contributed by atoms with Crippen molar-refractivity contribution in [2.24, 2.45) is 0 Å². The monoisotopic (exact) mass is 339 g/mol. The third-order valence-corrected chi connectivity index (χ3v) is 3.85. The van der Waals surface area contributed by atoms with E-state index in [1.807, 2.05) is 12.1 Å². The lowest BCUT2D eigenvalue weighted by Crippen LogP contribution is -1.89. The number of hydrogen-bond donors (Lipinski definition) is 0. The zero-order valence-corrected chi connectivity index (χ0v) is 12.6. The van der Waals surface area contributed by atoms with Crippen LogP contribution in [0.1, 0.15) is 50.7 Å². The number of allylic oxidation sites excluding steroid dienone is 2. The summed E-state index contributed by atoms with van der Waals surface area (Å²) in [4.78, 5) is 0. The fourth-order valence-electron chi connectivity index (χ4n) is 1.80. The average molecular weight is 339 g/mol. The van der Waals surface area contributed by atoms with Gasteiger partial charge >= 0.3 is 0 Å². The predicted octanol–water partition coefficient (Wildman–Crippen LogP) is 5.30. The normalized spacial score (nSPS) is 11.9. The van der Waals surface area contributed by atoms with Crippen molar-refractivity contribution >= 4 is 28.2 Å². The lowest BCUT2D eigenvalue weighted by molar-refractivity contribution is 0.929. The van der Waals surface area contributed by atoms with Gasteiger partial charge in [0.05, 0.1) is 11.6 Å². The Morgan fingerprint density at radius 2 is 1.71 bits per heavy atom. The van der Waals surface area contributed by atoms with E-state index in [1.54, 1.807) is 0 Å². The highest BCUT2D eigenvalue weighted by molar-refractivity contribution is 14.1. The third-order valence-electron chi connectivity index (χ3n) is 2.66. The van der Waals surface area contributed by atoms with Crippen molar-refractivity contribution in [2.75, 3.05) is 0 Å². The Kier molecular flexibility index (Phi) is 6.28. The van der Waals surface area contributed by atoms with Crippen molar-refractivity contribution in [3.8, 4) is 6.07 Å². The summed E-state index contributed by atoms with van der Waals surface area (Å²) < 4.78 is 1.46. The zero-order valence-electron chi connectivity index (χ0n) is 10.5. The van der Waals surface area contributed by atoms with E-state index < -0.39 is 0 Å². The molecular weight excluding hydrogens is 321 g/mol. The average Bonchev–Trinajstić information content (AvgIpc) is 2.36. The number of rotatable bonds is 5. The van der Waals surface area contributed by atoms with E-state index in [9.17, 15) is 0 Å². The van der Waals surface area contributed by atoms with Crippen molar-refractivity contribution in [1.29, 1.82) is 5.26 Å². The van der Waals surface area contributed by atoms with Gasteiger partial charge in [0.2, 0.25) is 0 Å². The molecule has 90 valence electrons. The lowest BCUT2D eigenvalue weighted by atomic mass is 9.99. The molecule has 0 aliphatic carbocycles. The molecule has 0 saturated heterocycles. The van der Waals surface area contributed by atoms with Crippen LogP contribution in [0.3, 0.4) is 0 Å². The molecule has 17 heavy (non-hydrogen) atoms. The van der Waals surface area contributed by atoms with Crippen LogP contribution in [0, 0.1) is 11.3 Å². The Morgan fingerprint density at radius 1 is 1.12 bits per heavy atom. The number of nitriles is 1. The first kappa shape index (κ1) is 14.2. The second kappa shape index (κ2) is 7.50. The van der Waals surface area contributed by atoms with Crippen LogP contribution in [-0.4, -0.2) is 0 Å². The molecule has 0 unspecified atom stereocenters. The van der Waals surface area contributed by atoms with Crippen molar-refractivity contribution in [2.45, 2.75) is 39.5 Å². The molecule has 0 radical (unpaired) electrons. The molecule has 0 atom stereocenters. The molecule has 1 rings (SSSR count). The summed E-state index contributed by atoms with van der Waals surface area (Å²) in [7, 11) is 0. The summed E-state index contributed by atoms with van der Waals surface area (Å²) >= 11 is 2.46. The Labute approximate surface area is 118 Å². The molecule has 0 spiro atoms. The molecule has 1 aromatic carbocycles. The van der Waals surface area contributed by atoms with E-state index in [0.29, 0.717) is 0 Å². The minimum Gasteiger partial charge on any atom is -0.192 e. The molecular formula is C15H18IN. The topological polar surface area (TPSA) is 23.8 Å². The summed E-state index contributed by atoms with van der Waals surface area (Å²) in [6.07, 6.45) is 4.60. The Morgan fingerprint density at radius 3 is 2.18 bits per heavy atom. The van der Waals surface area contributed by atoms with Gasteiger partial charge in [-0.15, -0.1) is 0 Å². The van der Waals surface area contributed by atoms with Crippen LogP contribution in [0.4, 0.5) is 0 Å². The van der Waals surface area contributed by atoms with Gasteiger partial charge in [0.1, 0.15) is 0 Å². The fraction of sp³-hybridized carbons (Fsp3) is 0.400. The largest absolute Gasteiger partial charge is 0.192 e. The van der Waals surface area contributed by atoms with Gasteiger partial charge in [-0.05, 0) is 62.3 Å². The molecule has 0 aromatic heterocycles. The van der Waals surface area contributed by atoms with E-state index >= 15 is 0 Å². The Balaban J connectivity index is 3.05. The molecule has 0 aliphatic rings. The summed E-state index contributed by atoms with van der Waals surface area (Å²) in [5, 5.41) is 8.80. The third kappa shape index (κ3) is 4.16. The predicted molar refractivity (Wildman–Crippen MR) is 81.9 cm³/mol. The number of benzene rings is 1. The van der Waals surface area contributed by atoms with Crippen LogP contribution in [-0.2, 0) is 0 Å². The number of hydrogen-bond acceptors (Lipinski definition) is 1. The van der Waals surface area contributed by atoms with Crippen LogP contribution in [0.5, 0.6) is 0 Å². The second-order valence-electron chi connectivity index (χ2n) is 4.07. The summed E-state index contributed by atoms with van der Waals surface area (Å²) in [6, 6.07) is 10.1. The first-order valence-corrected chi connectivity index (χ1v) is 7.18. The minimum absolute atomic E-state index is 0.732. The smallest absolute Gasteiger partial charge is 0.0991 e. The number of nitrogens with zero attached hydrogens (tertiary/aromatic N) is 1. The molecule has 0 fully saturated rings. The van der Waals surface area contributed by atoms with E-state index in [0.717, 1.165) is 24.8 Å². The van der Waals surface area contributed by atoms with Crippen LogP contribution in [0.15, 0.2) is 27.8 Å². The molecule has 2 heteroatoms. The van der Waals surface area contributed by atoms with Crippen molar-refractivity contribution in [3.05, 3.63) is 39.0 Å². The van der Waals surface area contributed by atoms with E-state index in [4.69, 9.17) is 5.26 Å². The molecule has 0 saturated carbocycles. The van der Waals surface area contributed by atoms with Gasteiger partial charge in [0.15, 0.2) is 0 Å². The minimum atomic E-state index is 0.732. The van der Waals surface area contributed by atoms with E-state index in [-0.39, 0.29) is 0 Å². The highest BCUT2D eigenvalue weighted by Gasteiger charge is 2.06. The van der Waals surface area contributed by atoms with Crippen LogP contribution in [0.2, 0.25) is 0 Å². The summed E-state index contributed by atoms with van der Waals surface area (Å²) in [6.45, 7) is 4.42. The van der Waals surface area contributed by atoms with Crippen molar-refractivity contribution < 1.29 is 0 Å². The SMILES string of the molecule is CCC/C(I)=C(\CCC)c1ccc(C#N)cc1. The maximum atomic E-state index is 8.80. The van der Waals surface area contributed by atoms with E-state index in [1.165, 1.54) is 21.1 Å². The highest BCUT2D eigenvalue weighted by atomic mass is 127. The maximum Gasteiger partial charge on any atom is 0.0991 e. The van der Waals surface area contributed by atoms with Crippen LogP contribution in [0.25, 0.3) is 5.57 Å². The maximum absolute atomic E-state index is 8.80. The van der Waals surface area contributed by atoms with Crippen LogP contribution < -0.4 is 0 Å². The van der Waals surface area contributed by atoms with Gasteiger partial charge in [0.25, 0.3) is 0 Å². The first-order chi connectivity index (χ1) is 8.22. The van der Waals surface area contributed by atoms with Gasteiger partial charge in [0, 0.05) is 0 Å². The molecule has 0 amide bonds. The van der Waals surface area contributed by atoms with Gasteiger partial charge < -0.3 is 0 Å². The molecule has 0 heterocycles. The van der Waals surface area contributed by atoms with Gasteiger partial charge in [-0.3, -0.25) is 0 Å². The van der Waals surface area contributed by atoms with Gasteiger partial charge in [-0.1, -0.05) is 38.8 Å². The molecule has 0 aliphatic heterocycles. The molecule has 1 nitrogen and oxygen atoms in total. The molecule has 0 N–H and O–H groups in total. The zero-order chi connectivity index (χ0) is 12.7. The van der Waals surface area contributed by atoms with Crippen LogP contribution >= 0.6 is 22.6 Å². The second-order valence-corrected chi connectivity index (χ2v) is 5.37. The van der Waals surface area contributed by atoms with E-state index in [2.05, 4.69) is 54.6 Å². The molecule has 0 bridgehead atoms. The summed E-state index contributed by atoms with van der Waals surface area (Å²) in [5.41, 5.74) is 3.44. The van der Waals surface area contributed by atoms with Crippen molar-refractivity contribution in [1.82, 2.24) is 0 Å².